The zero-order chi connectivity index (χ0) is 24.4. The van der Waals surface area contributed by atoms with Gasteiger partial charge in [-0.25, -0.2) is 13.2 Å². The van der Waals surface area contributed by atoms with Crippen molar-refractivity contribution >= 4 is 33.4 Å². The van der Waals surface area contributed by atoms with Crippen molar-refractivity contribution < 1.29 is 31.5 Å². The molecule has 0 aliphatic rings. The number of hydrogen-bond acceptors (Lipinski definition) is 4. The number of carboxylic acid groups (broad SMARTS) is 1. The van der Waals surface area contributed by atoms with Gasteiger partial charge < -0.3 is 5.11 Å². The second kappa shape index (κ2) is 9.48. The molecule has 0 heterocycles. The highest BCUT2D eigenvalue weighted by Gasteiger charge is 2.30. The minimum Gasteiger partial charge on any atom is -0.478 e. The Kier molecular flexibility index (Phi) is 7.08. The number of anilines is 1. The van der Waals surface area contributed by atoms with Gasteiger partial charge in [-0.3, -0.25) is 4.72 Å². The summed E-state index contributed by atoms with van der Waals surface area (Å²) < 4.78 is 66.4. The Hall–Kier alpha value is -2.98. The lowest BCUT2D eigenvalue weighted by Crippen LogP contribution is -2.15. The van der Waals surface area contributed by atoms with Gasteiger partial charge in [-0.2, -0.15) is 13.2 Å². The van der Waals surface area contributed by atoms with Gasteiger partial charge in [0.15, 0.2) is 0 Å². The molecule has 0 bridgehead atoms. The van der Waals surface area contributed by atoms with Gasteiger partial charge in [0.25, 0.3) is 10.0 Å². The smallest absolute Gasteiger partial charge is 0.416 e. The Labute approximate surface area is 193 Å². The normalized spacial score (nSPS) is 11.9. The number of thioether (sulfide) groups is 1. The summed E-state index contributed by atoms with van der Waals surface area (Å²) in [6.45, 7) is 3.25. The quantitative estimate of drug-likeness (QED) is 0.386. The van der Waals surface area contributed by atoms with Crippen LogP contribution in [0, 0.1) is 13.8 Å². The Morgan fingerprint density at radius 1 is 1.03 bits per heavy atom. The van der Waals surface area contributed by atoms with Crippen LogP contribution in [0.3, 0.4) is 0 Å². The summed E-state index contributed by atoms with van der Waals surface area (Å²) in [4.78, 5) is 12.0. The van der Waals surface area contributed by atoms with E-state index in [1.807, 2.05) is 0 Å². The number of rotatable bonds is 7. The molecule has 0 atom stereocenters. The summed E-state index contributed by atoms with van der Waals surface area (Å²) in [5, 5.41) is 9.32. The monoisotopic (exact) mass is 495 g/mol. The molecule has 0 radical (unpaired) electrons. The molecule has 174 valence electrons. The summed E-state index contributed by atoms with van der Waals surface area (Å²) in [5.41, 5.74) is 1.02. The Morgan fingerprint density at radius 2 is 1.70 bits per heavy atom. The lowest BCUT2D eigenvalue weighted by molar-refractivity contribution is -0.137. The van der Waals surface area contributed by atoms with Crippen LogP contribution in [0.15, 0.2) is 70.5 Å². The molecule has 0 amide bonds. The molecular formula is C23H20F3NO4S2. The number of aryl methyl sites for hydroxylation is 1. The molecule has 5 nitrogen and oxygen atoms in total. The van der Waals surface area contributed by atoms with Gasteiger partial charge in [0.05, 0.1) is 16.0 Å². The number of sulfonamides is 1. The van der Waals surface area contributed by atoms with E-state index in [2.05, 4.69) is 4.72 Å². The van der Waals surface area contributed by atoms with E-state index in [-0.39, 0.29) is 16.1 Å². The third-order valence-corrected chi connectivity index (χ3v) is 7.39. The van der Waals surface area contributed by atoms with Crippen LogP contribution in [0.1, 0.15) is 32.6 Å². The first-order valence-electron chi connectivity index (χ1n) is 9.63. The first-order valence-corrected chi connectivity index (χ1v) is 12.1. The van der Waals surface area contributed by atoms with Gasteiger partial charge in [0, 0.05) is 16.3 Å². The minimum absolute atomic E-state index is 0.0864. The number of benzene rings is 3. The Balaban J connectivity index is 1.71. The average Bonchev–Trinajstić information content (AvgIpc) is 2.74. The van der Waals surface area contributed by atoms with E-state index in [0.717, 1.165) is 23.1 Å². The van der Waals surface area contributed by atoms with Crippen LogP contribution in [-0.2, 0) is 22.0 Å². The Morgan fingerprint density at radius 3 is 2.30 bits per heavy atom. The number of halogens is 3. The lowest BCUT2D eigenvalue weighted by Gasteiger charge is -2.12. The summed E-state index contributed by atoms with van der Waals surface area (Å²) in [6, 6.07) is 14.0. The van der Waals surface area contributed by atoms with Gasteiger partial charge in [0.2, 0.25) is 0 Å². The maximum atomic E-state index is 12.8. The highest BCUT2D eigenvalue weighted by atomic mass is 32.2. The fraction of sp³-hybridized carbons (Fsp3) is 0.174. The molecule has 0 aliphatic heterocycles. The largest absolute Gasteiger partial charge is 0.478 e. The second-order valence-electron chi connectivity index (χ2n) is 7.33. The molecule has 0 spiro atoms. The molecule has 0 unspecified atom stereocenters. The molecule has 3 aromatic rings. The van der Waals surface area contributed by atoms with E-state index in [4.69, 9.17) is 0 Å². The van der Waals surface area contributed by atoms with Crippen molar-refractivity contribution in [2.45, 2.75) is 35.6 Å². The lowest BCUT2D eigenvalue weighted by atomic mass is 10.0. The molecule has 3 rings (SSSR count). The zero-order valence-electron chi connectivity index (χ0n) is 17.6. The molecular weight excluding hydrogens is 475 g/mol. The van der Waals surface area contributed by atoms with Crippen molar-refractivity contribution in [2.24, 2.45) is 0 Å². The first-order chi connectivity index (χ1) is 15.4. The molecule has 0 aliphatic carbocycles. The van der Waals surface area contributed by atoms with E-state index >= 15 is 0 Å². The fourth-order valence-corrected chi connectivity index (χ4v) is 5.05. The third-order valence-electron chi connectivity index (χ3n) is 4.95. The molecule has 0 saturated carbocycles. The third kappa shape index (κ3) is 6.08. The van der Waals surface area contributed by atoms with Gasteiger partial charge in [-0.15, -0.1) is 11.8 Å². The van der Waals surface area contributed by atoms with Crippen LogP contribution in [0.4, 0.5) is 18.9 Å². The average molecular weight is 496 g/mol. The van der Waals surface area contributed by atoms with Gasteiger partial charge in [0.1, 0.15) is 0 Å². The first kappa shape index (κ1) is 24.7. The van der Waals surface area contributed by atoms with Gasteiger partial charge in [-0.1, -0.05) is 18.2 Å². The molecule has 2 N–H and O–H groups in total. The molecule has 10 heteroatoms. The topological polar surface area (TPSA) is 83.5 Å². The maximum absolute atomic E-state index is 12.8. The van der Waals surface area contributed by atoms with E-state index in [1.165, 1.54) is 36.0 Å². The van der Waals surface area contributed by atoms with Crippen molar-refractivity contribution in [2.75, 3.05) is 4.72 Å². The summed E-state index contributed by atoms with van der Waals surface area (Å²) in [6.07, 6.45) is -4.40. The Bertz CT molecular complexity index is 1290. The van der Waals surface area contributed by atoms with Crippen molar-refractivity contribution in [3.63, 3.8) is 0 Å². The van der Waals surface area contributed by atoms with Crippen LogP contribution >= 0.6 is 11.8 Å². The number of aromatic carboxylic acids is 1. The predicted octanol–water partition coefficient (Wildman–Crippen LogP) is 6.11. The summed E-state index contributed by atoms with van der Waals surface area (Å²) in [7, 11) is -4.02. The highest BCUT2D eigenvalue weighted by Crippen LogP contribution is 2.31. The minimum atomic E-state index is -4.40. The zero-order valence-corrected chi connectivity index (χ0v) is 19.2. The summed E-state index contributed by atoms with van der Waals surface area (Å²) in [5.74, 6) is -0.898. The van der Waals surface area contributed by atoms with Crippen molar-refractivity contribution in [1.82, 2.24) is 0 Å². The van der Waals surface area contributed by atoms with Crippen LogP contribution < -0.4 is 4.72 Å². The molecule has 3 aromatic carbocycles. The van der Waals surface area contributed by atoms with Crippen molar-refractivity contribution in [1.29, 1.82) is 0 Å². The van der Waals surface area contributed by atoms with E-state index < -0.39 is 27.7 Å². The van der Waals surface area contributed by atoms with Crippen LogP contribution in [0.25, 0.3) is 0 Å². The van der Waals surface area contributed by atoms with E-state index in [1.54, 1.807) is 32.0 Å². The number of carbonyl (C=O) groups is 1. The van der Waals surface area contributed by atoms with Gasteiger partial charge in [-0.05, 0) is 73.0 Å². The molecule has 33 heavy (non-hydrogen) atoms. The molecule has 0 saturated heterocycles. The fourth-order valence-electron chi connectivity index (χ4n) is 3.04. The molecule has 0 fully saturated rings. The van der Waals surface area contributed by atoms with Crippen molar-refractivity contribution in [3.05, 3.63) is 88.5 Å². The van der Waals surface area contributed by atoms with E-state index in [0.29, 0.717) is 22.4 Å². The molecule has 0 aromatic heterocycles. The predicted molar refractivity (Wildman–Crippen MR) is 121 cm³/mol. The SMILES string of the molecule is Cc1cc(S(=O)(=O)Nc2ccc(SCc3cccc(C(F)(F)F)c3)cc2)cc(C(=O)O)c1C. The number of hydrogen-bond donors (Lipinski definition) is 2. The second-order valence-corrected chi connectivity index (χ2v) is 10.1. The van der Waals surface area contributed by atoms with E-state index in [9.17, 15) is 31.5 Å². The van der Waals surface area contributed by atoms with Crippen LogP contribution in [0.2, 0.25) is 0 Å². The van der Waals surface area contributed by atoms with Crippen LogP contribution in [0.5, 0.6) is 0 Å². The van der Waals surface area contributed by atoms with Crippen LogP contribution in [-0.4, -0.2) is 19.5 Å². The number of carboxylic acids is 1. The summed E-state index contributed by atoms with van der Waals surface area (Å²) >= 11 is 1.31. The standard InChI is InChI=1S/C23H20F3NO4S2/c1-14-10-20(12-21(15(14)2)22(28)29)33(30,31)27-18-6-8-19(9-7-18)32-13-16-4-3-5-17(11-16)23(24,25)26/h3-12,27H,13H2,1-2H3,(H,28,29). The highest BCUT2D eigenvalue weighted by molar-refractivity contribution is 7.98. The maximum Gasteiger partial charge on any atom is 0.416 e. The van der Waals surface area contributed by atoms with Crippen molar-refractivity contribution in [3.8, 4) is 0 Å². The number of alkyl halides is 3. The number of nitrogens with one attached hydrogen (secondary N) is 1. The van der Waals surface area contributed by atoms with Gasteiger partial charge >= 0.3 is 12.1 Å².